The number of thiocarbonyl (C=S) groups is 1. The minimum atomic E-state index is -0.450. The Morgan fingerprint density at radius 1 is 0.788 bits per heavy atom. The lowest BCUT2D eigenvalue weighted by Crippen LogP contribution is -2.50. The van der Waals surface area contributed by atoms with E-state index in [0.29, 0.717) is 11.5 Å². The van der Waals surface area contributed by atoms with E-state index in [4.69, 9.17) is 21.7 Å². The Morgan fingerprint density at radius 2 is 1.39 bits per heavy atom. The second-order valence-corrected chi connectivity index (χ2v) is 8.82. The first-order chi connectivity index (χ1) is 15.7. The zero-order valence-electron chi connectivity index (χ0n) is 18.8. The smallest absolute Gasteiger partial charge is 0.276 e. The van der Waals surface area contributed by atoms with Crippen LogP contribution in [-0.4, -0.2) is 30.1 Å². The Balaban J connectivity index is 1.35. The van der Waals surface area contributed by atoms with Crippen molar-refractivity contribution in [3.8, 4) is 11.5 Å². The summed E-state index contributed by atoms with van der Waals surface area (Å²) in [6.45, 7) is 5.95. The van der Waals surface area contributed by atoms with Crippen LogP contribution in [0.5, 0.6) is 11.5 Å². The first-order valence-electron chi connectivity index (χ1n) is 10.4. The zero-order chi connectivity index (χ0) is 23.8. The van der Waals surface area contributed by atoms with Crippen molar-refractivity contribution in [2.75, 3.05) is 13.2 Å². The zero-order valence-corrected chi connectivity index (χ0v) is 19.6. The lowest BCUT2D eigenvalue weighted by molar-refractivity contribution is -0.124. The van der Waals surface area contributed by atoms with Gasteiger partial charge in [0.1, 0.15) is 11.5 Å². The highest BCUT2D eigenvalue weighted by Gasteiger charge is 2.13. The fourth-order valence-corrected chi connectivity index (χ4v) is 3.13. The van der Waals surface area contributed by atoms with Crippen LogP contribution >= 0.6 is 12.2 Å². The molecule has 8 heteroatoms. The van der Waals surface area contributed by atoms with Crippen LogP contribution in [0.1, 0.15) is 26.3 Å². The Bertz CT molecular complexity index is 1140. The molecule has 3 aromatic rings. The van der Waals surface area contributed by atoms with Crippen molar-refractivity contribution in [2.24, 2.45) is 0 Å². The van der Waals surface area contributed by atoms with Crippen LogP contribution in [0.4, 0.5) is 0 Å². The Kier molecular flexibility index (Phi) is 7.84. The van der Waals surface area contributed by atoms with Crippen molar-refractivity contribution in [3.05, 3.63) is 72.3 Å². The number of rotatable bonds is 6. The topological polar surface area (TPSA) is 88.7 Å². The molecule has 3 N–H and O–H groups in total. The van der Waals surface area contributed by atoms with Gasteiger partial charge in [-0.3, -0.25) is 25.8 Å². The normalized spacial score (nSPS) is 10.9. The Labute approximate surface area is 198 Å². The summed E-state index contributed by atoms with van der Waals surface area (Å²) in [5, 5.41) is 4.49. The molecule has 172 valence electrons. The molecule has 0 spiro atoms. The third-order valence-electron chi connectivity index (χ3n) is 4.75. The van der Waals surface area contributed by atoms with Crippen molar-refractivity contribution in [3.63, 3.8) is 0 Å². The number of ether oxygens (including phenoxy) is 2. The predicted molar refractivity (Wildman–Crippen MR) is 132 cm³/mol. The van der Waals surface area contributed by atoms with Crippen molar-refractivity contribution < 1.29 is 19.1 Å². The van der Waals surface area contributed by atoms with E-state index in [1.165, 1.54) is 5.56 Å². The third-order valence-corrected chi connectivity index (χ3v) is 4.95. The average molecular weight is 466 g/mol. The second-order valence-electron chi connectivity index (χ2n) is 8.41. The first-order valence-corrected chi connectivity index (χ1v) is 10.9. The highest BCUT2D eigenvalue weighted by atomic mass is 32.1. The summed E-state index contributed by atoms with van der Waals surface area (Å²) in [6.07, 6.45) is 0. The minimum Gasteiger partial charge on any atom is -0.484 e. The molecular weight excluding hydrogens is 438 g/mol. The molecule has 0 radical (unpaired) electrons. The van der Waals surface area contributed by atoms with Gasteiger partial charge in [-0.25, -0.2) is 0 Å². The Morgan fingerprint density at radius 3 is 2.09 bits per heavy atom. The van der Waals surface area contributed by atoms with E-state index in [2.05, 4.69) is 36.9 Å². The number of benzene rings is 3. The molecule has 0 fully saturated rings. The maximum atomic E-state index is 12.0. The molecule has 0 aliphatic carbocycles. The van der Waals surface area contributed by atoms with Gasteiger partial charge in [-0.2, -0.15) is 0 Å². The second kappa shape index (κ2) is 10.8. The summed E-state index contributed by atoms with van der Waals surface area (Å²) in [4.78, 5) is 24.0. The summed E-state index contributed by atoms with van der Waals surface area (Å²) in [5.41, 5.74) is 6.06. The first kappa shape index (κ1) is 24.0. The molecule has 3 aromatic carbocycles. The van der Waals surface area contributed by atoms with E-state index in [-0.39, 0.29) is 23.7 Å². The van der Waals surface area contributed by atoms with Gasteiger partial charge in [0, 0.05) is 0 Å². The molecule has 33 heavy (non-hydrogen) atoms. The number of carbonyl (C=O) groups is 2. The van der Waals surface area contributed by atoms with Crippen molar-refractivity contribution in [1.29, 1.82) is 0 Å². The van der Waals surface area contributed by atoms with Crippen molar-refractivity contribution in [1.82, 2.24) is 16.2 Å². The monoisotopic (exact) mass is 465 g/mol. The van der Waals surface area contributed by atoms with Gasteiger partial charge in [-0.15, -0.1) is 0 Å². The SMILES string of the molecule is CC(C)(C)c1ccc(OCC(=O)NC(=S)NNC(=O)COc2ccc3ccccc3c2)cc1. The lowest BCUT2D eigenvalue weighted by Gasteiger charge is -2.19. The van der Waals surface area contributed by atoms with Gasteiger partial charge in [0.05, 0.1) is 0 Å². The molecule has 0 saturated heterocycles. The van der Waals surface area contributed by atoms with Crippen molar-refractivity contribution >= 4 is 39.9 Å². The summed E-state index contributed by atoms with van der Waals surface area (Å²) in [7, 11) is 0. The fraction of sp³-hybridized carbons (Fsp3) is 0.240. The van der Waals surface area contributed by atoms with Crippen LogP contribution in [0, 0.1) is 0 Å². The number of amides is 2. The van der Waals surface area contributed by atoms with Crippen LogP contribution in [0.25, 0.3) is 10.8 Å². The van der Waals surface area contributed by atoms with E-state index in [1.807, 2.05) is 60.7 Å². The molecule has 7 nitrogen and oxygen atoms in total. The summed E-state index contributed by atoms with van der Waals surface area (Å²) in [5.74, 6) is 0.257. The highest BCUT2D eigenvalue weighted by molar-refractivity contribution is 7.80. The van der Waals surface area contributed by atoms with Gasteiger partial charge in [-0.05, 0) is 58.2 Å². The molecular formula is C25H27N3O4S. The standard InChI is InChI=1S/C25H27N3O4S/c1-25(2,3)19-9-12-20(13-10-19)31-15-22(29)26-24(33)28-27-23(30)16-32-21-11-8-17-6-4-5-7-18(17)14-21/h4-14H,15-16H2,1-3H3,(H,27,30)(H2,26,28,29,33). The van der Waals surface area contributed by atoms with Gasteiger partial charge in [0.15, 0.2) is 18.3 Å². The Hall–Kier alpha value is -3.65. The molecule has 0 aliphatic rings. The molecule has 0 atom stereocenters. The molecule has 0 heterocycles. The highest BCUT2D eigenvalue weighted by Crippen LogP contribution is 2.24. The molecule has 0 aliphatic heterocycles. The largest absolute Gasteiger partial charge is 0.484 e. The number of hydrazine groups is 1. The quantitative estimate of drug-likeness (QED) is 0.381. The van der Waals surface area contributed by atoms with E-state index in [1.54, 1.807) is 6.07 Å². The molecule has 2 amide bonds. The summed E-state index contributed by atoms with van der Waals surface area (Å²) >= 11 is 5.01. The minimum absolute atomic E-state index is 0.0404. The molecule has 0 bridgehead atoms. The number of hydrogen-bond donors (Lipinski definition) is 3. The van der Waals surface area contributed by atoms with E-state index in [9.17, 15) is 9.59 Å². The molecule has 3 rings (SSSR count). The van der Waals surface area contributed by atoms with Gasteiger partial charge < -0.3 is 9.47 Å². The third kappa shape index (κ3) is 7.47. The summed E-state index contributed by atoms with van der Waals surface area (Å²) in [6, 6.07) is 21.0. The van der Waals surface area contributed by atoms with Gasteiger partial charge in [-0.1, -0.05) is 63.2 Å². The van der Waals surface area contributed by atoms with Crippen LogP contribution in [0.15, 0.2) is 66.7 Å². The number of nitrogens with one attached hydrogen (secondary N) is 3. The predicted octanol–water partition coefficient (Wildman–Crippen LogP) is 3.62. The summed E-state index contributed by atoms with van der Waals surface area (Å²) < 4.78 is 11.0. The van der Waals surface area contributed by atoms with Crippen molar-refractivity contribution in [2.45, 2.75) is 26.2 Å². The molecule has 0 saturated carbocycles. The van der Waals surface area contributed by atoms with Crippen LogP contribution < -0.4 is 25.6 Å². The lowest BCUT2D eigenvalue weighted by atomic mass is 9.87. The number of carbonyl (C=O) groups excluding carboxylic acids is 2. The van der Waals surface area contributed by atoms with E-state index >= 15 is 0 Å². The molecule has 0 unspecified atom stereocenters. The maximum Gasteiger partial charge on any atom is 0.276 e. The van der Waals surface area contributed by atoms with Crippen LogP contribution in [0.2, 0.25) is 0 Å². The van der Waals surface area contributed by atoms with Gasteiger partial charge in [0.2, 0.25) is 0 Å². The number of hydrogen-bond acceptors (Lipinski definition) is 5. The van der Waals surface area contributed by atoms with E-state index < -0.39 is 11.8 Å². The van der Waals surface area contributed by atoms with Crippen LogP contribution in [-0.2, 0) is 15.0 Å². The average Bonchev–Trinajstić information content (AvgIpc) is 2.79. The van der Waals surface area contributed by atoms with Gasteiger partial charge >= 0.3 is 0 Å². The van der Waals surface area contributed by atoms with Crippen LogP contribution in [0.3, 0.4) is 0 Å². The molecule has 0 aromatic heterocycles. The number of fused-ring (bicyclic) bond motifs is 1. The van der Waals surface area contributed by atoms with E-state index in [0.717, 1.165) is 10.8 Å². The fourth-order valence-electron chi connectivity index (χ4n) is 2.96. The maximum absolute atomic E-state index is 12.0. The van der Waals surface area contributed by atoms with Gasteiger partial charge in [0.25, 0.3) is 11.8 Å².